The van der Waals surface area contributed by atoms with Crippen LogP contribution in [0.1, 0.15) is 71.2 Å². The summed E-state index contributed by atoms with van der Waals surface area (Å²) in [4.78, 5) is 20.5. The fraction of sp³-hybridized carbons (Fsp3) is 0.425. The molecule has 3 heterocycles. The van der Waals surface area contributed by atoms with Crippen molar-refractivity contribution in [3.63, 3.8) is 0 Å². The molecule has 5 rings (SSSR count). The maximum absolute atomic E-state index is 15.4. The van der Waals surface area contributed by atoms with Gasteiger partial charge in [-0.2, -0.15) is 9.61 Å². The third-order valence-corrected chi connectivity index (χ3v) is 8.87. The first kappa shape index (κ1) is 36.7. The van der Waals surface area contributed by atoms with Crippen molar-refractivity contribution in [2.24, 2.45) is 0 Å². The van der Waals surface area contributed by atoms with Gasteiger partial charge >= 0.3 is 5.97 Å². The number of aryl methyl sites for hydroxylation is 1. The van der Waals surface area contributed by atoms with Crippen molar-refractivity contribution in [1.29, 1.82) is 0 Å². The number of rotatable bonds is 13. The van der Waals surface area contributed by atoms with Gasteiger partial charge in [0.05, 0.1) is 47.8 Å². The van der Waals surface area contributed by atoms with Gasteiger partial charge in [-0.3, -0.25) is 0 Å². The zero-order chi connectivity index (χ0) is 36.2. The van der Waals surface area contributed by atoms with E-state index in [1.165, 1.54) is 13.2 Å². The van der Waals surface area contributed by atoms with E-state index in [1.807, 2.05) is 65.0 Å². The van der Waals surface area contributed by atoms with Gasteiger partial charge in [0.25, 0.3) is 0 Å². The molecule has 10 heteroatoms. The number of carbonyl (C=O) groups excluding carboxylic acids is 1. The van der Waals surface area contributed by atoms with Crippen LogP contribution in [-0.2, 0) is 19.0 Å². The first-order valence-corrected chi connectivity index (χ1v) is 17.1. The number of piperidine rings is 1. The molecule has 0 spiro atoms. The van der Waals surface area contributed by atoms with E-state index in [-0.39, 0.29) is 17.5 Å². The summed E-state index contributed by atoms with van der Waals surface area (Å²) in [7, 11) is 1.36. The highest BCUT2D eigenvalue weighted by molar-refractivity contribution is 5.81. The fourth-order valence-corrected chi connectivity index (χ4v) is 6.36. The molecule has 2 atom stereocenters. The van der Waals surface area contributed by atoms with Crippen molar-refractivity contribution in [3.8, 4) is 28.1 Å². The van der Waals surface area contributed by atoms with Crippen molar-refractivity contribution in [1.82, 2.24) is 14.6 Å². The minimum absolute atomic E-state index is 0.172. The van der Waals surface area contributed by atoms with Crippen molar-refractivity contribution >= 4 is 17.4 Å². The van der Waals surface area contributed by atoms with Gasteiger partial charge in [-0.1, -0.05) is 36.4 Å². The van der Waals surface area contributed by atoms with Gasteiger partial charge in [0.1, 0.15) is 17.4 Å². The van der Waals surface area contributed by atoms with Gasteiger partial charge in [0, 0.05) is 36.8 Å². The third-order valence-electron chi connectivity index (χ3n) is 8.87. The molecule has 1 aliphatic heterocycles. The lowest BCUT2D eigenvalue weighted by molar-refractivity contribution is -0.164. The number of anilines is 1. The summed E-state index contributed by atoms with van der Waals surface area (Å²) >= 11 is 0. The molecule has 50 heavy (non-hydrogen) atoms. The highest BCUT2D eigenvalue weighted by Crippen LogP contribution is 2.40. The lowest BCUT2D eigenvalue weighted by Crippen LogP contribution is -2.45. The largest absolute Gasteiger partial charge is 0.490 e. The molecule has 0 bridgehead atoms. The average Bonchev–Trinajstić information content (AvgIpc) is 3.49. The van der Waals surface area contributed by atoms with E-state index >= 15 is 4.39 Å². The zero-order valence-corrected chi connectivity index (χ0v) is 30.3. The molecule has 2 aromatic carbocycles. The molecule has 4 aromatic rings. The topological polar surface area (TPSA) is 87.4 Å². The van der Waals surface area contributed by atoms with Gasteiger partial charge in [-0.05, 0) is 78.1 Å². The Bertz CT molecular complexity index is 1850. The molecule has 266 valence electrons. The van der Waals surface area contributed by atoms with Crippen molar-refractivity contribution in [2.75, 3.05) is 31.7 Å². The Kier molecular flexibility index (Phi) is 11.1. The van der Waals surface area contributed by atoms with Crippen LogP contribution in [0.15, 0.2) is 73.8 Å². The summed E-state index contributed by atoms with van der Waals surface area (Å²) in [6, 6.07) is 14.3. The van der Waals surface area contributed by atoms with Gasteiger partial charge in [-0.25, -0.2) is 14.2 Å². The summed E-state index contributed by atoms with van der Waals surface area (Å²) in [5, 5.41) is 5.09. The maximum Gasteiger partial charge on any atom is 0.339 e. The SMILES string of the molecule is C=CCOC1(C)CCN(c2c(C(OC(C)(C)C)C(=O)OC)c(C)nc3cc(-c4cccc(-c5c(F)cccc5OC(C)CC=C)c4)nn23)CC1. The summed E-state index contributed by atoms with van der Waals surface area (Å²) in [5.41, 5.74) is 3.29. The first-order valence-electron chi connectivity index (χ1n) is 17.1. The van der Waals surface area contributed by atoms with E-state index in [1.54, 1.807) is 28.8 Å². The number of hydrogen-bond donors (Lipinski definition) is 0. The monoisotopic (exact) mass is 684 g/mol. The van der Waals surface area contributed by atoms with E-state index in [0.717, 1.165) is 18.4 Å². The summed E-state index contributed by atoms with van der Waals surface area (Å²) in [6.07, 6.45) is 4.46. The van der Waals surface area contributed by atoms with E-state index in [0.29, 0.717) is 71.4 Å². The maximum atomic E-state index is 15.4. The molecule has 9 nitrogen and oxygen atoms in total. The molecular weight excluding hydrogens is 635 g/mol. The molecule has 2 aromatic heterocycles. The van der Waals surface area contributed by atoms with Crippen LogP contribution in [-0.4, -0.2) is 64.7 Å². The van der Waals surface area contributed by atoms with Crippen LogP contribution in [0, 0.1) is 12.7 Å². The molecule has 0 N–H and O–H groups in total. The van der Waals surface area contributed by atoms with Gasteiger partial charge < -0.3 is 23.8 Å². The normalized spacial score (nSPS) is 15.8. The van der Waals surface area contributed by atoms with Crippen LogP contribution in [0.2, 0.25) is 0 Å². The number of methoxy groups -OCH3 is 1. The molecule has 0 saturated carbocycles. The van der Waals surface area contributed by atoms with Gasteiger partial charge in [0.15, 0.2) is 11.8 Å². The number of halogens is 1. The number of ether oxygens (including phenoxy) is 4. The second-order valence-corrected chi connectivity index (χ2v) is 14.1. The Labute approximate surface area is 294 Å². The van der Waals surface area contributed by atoms with Crippen LogP contribution in [0.25, 0.3) is 28.0 Å². The van der Waals surface area contributed by atoms with E-state index in [4.69, 9.17) is 29.0 Å². The standard InChI is InChI=1S/C40H49FN4O5/c1-10-14-26(3)49-32-18-13-17-30(41)35(32)29-16-12-15-28(24-29)31-25-33-42-27(4)34(36(38(46)47-9)50-39(5,6)7)37(45(33)43-31)44-21-19-40(8,20-22-44)48-23-11-2/h10-13,15-18,24-26,36H,1-2,14,19-23H2,3-9H3. The average molecular weight is 685 g/mol. The highest BCUT2D eigenvalue weighted by atomic mass is 19.1. The van der Waals surface area contributed by atoms with Crippen LogP contribution >= 0.6 is 0 Å². The number of nitrogens with zero attached hydrogens (tertiary/aromatic N) is 4. The molecule has 0 radical (unpaired) electrons. The minimum Gasteiger partial charge on any atom is -0.490 e. The first-order chi connectivity index (χ1) is 23.8. The van der Waals surface area contributed by atoms with Gasteiger partial charge in [-0.15, -0.1) is 13.2 Å². The smallest absolute Gasteiger partial charge is 0.339 e. The lowest BCUT2D eigenvalue weighted by Gasteiger charge is -2.41. The second-order valence-electron chi connectivity index (χ2n) is 14.1. The Balaban J connectivity index is 1.65. The Morgan fingerprint density at radius 2 is 1.78 bits per heavy atom. The summed E-state index contributed by atoms with van der Waals surface area (Å²) in [5.74, 6) is 0.262. The number of fused-ring (bicyclic) bond motifs is 1. The zero-order valence-electron chi connectivity index (χ0n) is 30.3. The number of aromatic nitrogens is 3. The van der Waals surface area contributed by atoms with E-state index < -0.39 is 17.7 Å². The molecular formula is C40H49FN4O5. The van der Waals surface area contributed by atoms with E-state index in [2.05, 4.69) is 25.0 Å². The summed E-state index contributed by atoms with van der Waals surface area (Å²) in [6.45, 7) is 21.0. The second kappa shape index (κ2) is 15.1. The Morgan fingerprint density at radius 1 is 1.08 bits per heavy atom. The predicted molar refractivity (Wildman–Crippen MR) is 195 cm³/mol. The van der Waals surface area contributed by atoms with Crippen molar-refractivity contribution in [2.45, 2.75) is 84.2 Å². The molecule has 0 amide bonds. The fourth-order valence-electron chi connectivity index (χ4n) is 6.36. The number of esters is 1. The predicted octanol–water partition coefficient (Wildman–Crippen LogP) is 8.44. The van der Waals surface area contributed by atoms with Crippen LogP contribution in [0.5, 0.6) is 5.75 Å². The Morgan fingerprint density at radius 3 is 2.44 bits per heavy atom. The van der Waals surface area contributed by atoms with Crippen molar-refractivity contribution in [3.05, 3.63) is 90.9 Å². The highest BCUT2D eigenvalue weighted by Gasteiger charge is 2.38. The molecule has 2 unspecified atom stereocenters. The minimum atomic E-state index is -1.05. The Hall–Kier alpha value is -4.54. The molecule has 0 aliphatic carbocycles. The number of carbonyl (C=O) groups is 1. The lowest BCUT2D eigenvalue weighted by atomic mass is 9.92. The molecule has 1 fully saturated rings. The van der Waals surface area contributed by atoms with Gasteiger partial charge in [0.2, 0.25) is 0 Å². The third kappa shape index (κ3) is 8.08. The van der Waals surface area contributed by atoms with Crippen LogP contribution in [0.3, 0.4) is 0 Å². The van der Waals surface area contributed by atoms with Crippen LogP contribution < -0.4 is 9.64 Å². The number of hydrogen-bond acceptors (Lipinski definition) is 8. The van der Waals surface area contributed by atoms with Crippen LogP contribution in [0.4, 0.5) is 10.2 Å². The summed E-state index contributed by atoms with van der Waals surface area (Å²) < 4.78 is 41.2. The quantitative estimate of drug-likeness (QED) is 0.102. The number of benzene rings is 2. The molecule has 1 saturated heterocycles. The molecule has 1 aliphatic rings. The van der Waals surface area contributed by atoms with E-state index in [9.17, 15) is 4.79 Å². The van der Waals surface area contributed by atoms with Crippen molar-refractivity contribution < 1.29 is 28.1 Å².